The van der Waals surface area contributed by atoms with Gasteiger partial charge in [-0.15, -0.1) is 0 Å². The minimum Gasteiger partial charge on any atom is -0.377 e. The zero-order chi connectivity index (χ0) is 9.03. The van der Waals surface area contributed by atoms with Crippen molar-refractivity contribution in [3.63, 3.8) is 0 Å². The summed E-state index contributed by atoms with van der Waals surface area (Å²) in [6.45, 7) is 0. The van der Waals surface area contributed by atoms with E-state index < -0.39 is 8.80 Å². The normalized spacial score (nSPS) is 18.2. The van der Waals surface area contributed by atoms with Crippen molar-refractivity contribution in [3.05, 3.63) is 0 Å². The summed E-state index contributed by atoms with van der Waals surface area (Å²) in [4.78, 5) is 0. The fraction of sp³-hybridized carbons (Fsp3) is 1.00. The predicted molar refractivity (Wildman–Crippen MR) is 48.9 cm³/mol. The first-order valence-corrected chi connectivity index (χ1v) is 6.35. The lowest BCUT2D eigenvalue weighted by Gasteiger charge is -2.24. The molecule has 1 aliphatic rings. The Balaban J connectivity index is 2.28. The molecule has 0 aliphatic heterocycles. The van der Waals surface area contributed by atoms with Gasteiger partial charge in [-0.05, 0) is 12.3 Å². The smallest absolute Gasteiger partial charge is 0.377 e. The molecular weight excluding hydrogens is 172 g/mol. The molecule has 0 heterocycles. The van der Waals surface area contributed by atoms with Gasteiger partial charge in [0.2, 0.25) is 0 Å². The molecule has 0 aromatic heterocycles. The minimum atomic E-state index is -2.24. The molecule has 12 heavy (non-hydrogen) atoms. The van der Waals surface area contributed by atoms with Gasteiger partial charge in [0, 0.05) is 27.4 Å². The van der Waals surface area contributed by atoms with Gasteiger partial charge in [0.05, 0.1) is 0 Å². The molecule has 0 radical (unpaired) electrons. The molecule has 1 aliphatic carbocycles. The highest BCUT2D eigenvalue weighted by Gasteiger charge is 2.39. The average molecular weight is 190 g/mol. The fourth-order valence-electron chi connectivity index (χ4n) is 1.34. The zero-order valence-electron chi connectivity index (χ0n) is 8.13. The summed E-state index contributed by atoms with van der Waals surface area (Å²) in [6, 6.07) is 0.959. The van der Waals surface area contributed by atoms with Gasteiger partial charge in [0.25, 0.3) is 0 Å². The molecule has 0 saturated heterocycles. The highest BCUT2D eigenvalue weighted by molar-refractivity contribution is 6.60. The zero-order valence-corrected chi connectivity index (χ0v) is 9.13. The van der Waals surface area contributed by atoms with Crippen LogP contribution in [0.1, 0.15) is 19.3 Å². The van der Waals surface area contributed by atoms with Crippen LogP contribution in [-0.4, -0.2) is 30.1 Å². The molecule has 4 heteroatoms. The Morgan fingerprint density at radius 1 is 1.08 bits per heavy atom. The maximum atomic E-state index is 5.31. The SMILES string of the molecule is CO[Si](CCC1CC1)(OC)OC. The Labute approximate surface area is 75.4 Å². The predicted octanol–water partition coefficient (Wildman–Crippen LogP) is 1.66. The Bertz CT molecular complexity index is 124. The van der Waals surface area contributed by atoms with Crippen LogP contribution in [0.5, 0.6) is 0 Å². The van der Waals surface area contributed by atoms with Crippen LogP contribution in [0.15, 0.2) is 0 Å². The van der Waals surface area contributed by atoms with E-state index in [0.717, 1.165) is 12.0 Å². The van der Waals surface area contributed by atoms with Crippen molar-refractivity contribution in [2.75, 3.05) is 21.3 Å². The molecule has 0 N–H and O–H groups in total. The van der Waals surface area contributed by atoms with E-state index in [0.29, 0.717) is 0 Å². The van der Waals surface area contributed by atoms with Gasteiger partial charge < -0.3 is 13.3 Å². The number of hydrogen-bond acceptors (Lipinski definition) is 3. The second-order valence-corrected chi connectivity index (χ2v) is 6.37. The summed E-state index contributed by atoms with van der Waals surface area (Å²) in [7, 11) is 2.78. The summed E-state index contributed by atoms with van der Waals surface area (Å²) in [5.74, 6) is 0.914. The first-order valence-electron chi connectivity index (χ1n) is 4.42. The van der Waals surface area contributed by atoms with Crippen LogP contribution in [0.25, 0.3) is 0 Å². The van der Waals surface area contributed by atoms with Crippen LogP contribution >= 0.6 is 0 Å². The second kappa shape index (κ2) is 4.37. The van der Waals surface area contributed by atoms with E-state index in [2.05, 4.69) is 0 Å². The van der Waals surface area contributed by atoms with Crippen molar-refractivity contribution in [3.8, 4) is 0 Å². The summed E-state index contributed by atoms with van der Waals surface area (Å²) in [6.07, 6.45) is 3.95. The third kappa shape index (κ3) is 2.55. The molecule has 1 saturated carbocycles. The maximum Gasteiger partial charge on any atom is 0.500 e. The summed E-state index contributed by atoms with van der Waals surface area (Å²) >= 11 is 0. The summed E-state index contributed by atoms with van der Waals surface area (Å²) in [5, 5.41) is 0. The van der Waals surface area contributed by atoms with Crippen molar-refractivity contribution in [1.82, 2.24) is 0 Å². The van der Waals surface area contributed by atoms with Crippen LogP contribution in [0.4, 0.5) is 0 Å². The maximum absolute atomic E-state index is 5.31. The van der Waals surface area contributed by atoms with Crippen molar-refractivity contribution < 1.29 is 13.3 Å². The molecule has 1 rings (SSSR count). The van der Waals surface area contributed by atoms with E-state index in [4.69, 9.17) is 13.3 Å². The van der Waals surface area contributed by atoms with Crippen LogP contribution in [0.3, 0.4) is 0 Å². The average Bonchev–Trinajstić information content (AvgIpc) is 2.92. The molecule has 0 spiro atoms. The van der Waals surface area contributed by atoms with E-state index in [9.17, 15) is 0 Å². The highest BCUT2D eigenvalue weighted by atomic mass is 28.4. The molecular formula is C8H18O3Si. The van der Waals surface area contributed by atoms with Gasteiger partial charge in [0.1, 0.15) is 0 Å². The van der Waals surface area contributed by atoms with Gasteiger partial charge in [-0.25, -0.2) is 0 Å². The lowest BCUT2D eigenvalue weighted by atomic mass is 10.3. The quantitative estimate of drug-likeness (QED) is 0.596. The standard InChI is InChI=1S/C8H18O3Si/c1-9-12(10-2,11-3)7-6-8-4-5-8/h8H,4-7H2,1-3H3. The lowest BCUT2D eigenvalue weighted by Crippen LogP contribution is -2.42. The Morgan fingerprint density at radius 3 is 1.92 bits per heavy atom. The van der Waals surface area contributed by atoms with Crippen LogP contribution in [0, 0.1) is 5.92 Å². The van der Waals surface area contributed by atoms with Crippen LogP contribution in [0.2, 0.25) is 6.04 Å². The van der Waals surface area contributed by atoms with Crippen molar-refractivity contribution in [1.29, 1.82) is 0 Å². The summed E-state index contributed by atoms with van der Waals surface area (Å²) in [5.41, 5.74) is 0. The Hall–Kier alpha value is 0.0969. The molecule has 0 bridgehead atoms. The Morgan fingerprint density at radius 2 is 1.58 bits per heavy atom. The van der Waals surface area contributed by atoms with Crippen LogP contribution < -0.4 is 0 Å². The van der Waals surface area contributed by atoms with Gasteiger partial charge in [-0.2, -0.15) is 0 Å². The van der Waals surface area contributed by atoms with Gasteiger partial charge in [0.15, 0.2) is 0 Å². The topological polar surface area (TPSA) is 27.7 Å². The van der Waals surface area contributed by atoms with Crippen LogP contribution in [-0.2, 0) is 13.3 Å². The Kier molecular flexibility index (Phi) is 3.70. The van der Waals surface area contributed by atoms with Gasteiger partial charge >= 0.3 is 8.80 Å². The molecule has 0 unspecified atom stereocenters. The van der Waals surface area contributed by atoms with E-state index in [1.807, 2.05) is 0 Å². The molecule has 0 aromatic rings. The molecule has 72 valence electrons. The first kappa shape index (κ1) is 10.2. The van der Waals surface area contributed by atoms with E-state index in [1.165, 1.54) is 19.3 Å². The first-order chi connectivity index (χ1) is 5.76. The fourth-order valence-corrected chi connectivity index (χ4v) is 3.22. The number of rotatable bonds is 6. The van der Waals surface area contributed by atoms with E-state index in [1.54, 1.807) is 21.3 Å². The lowest BCUT2D eigenvalue weighted by molar-refractivity contribution is 0.122. The van der Waals surface area contributed by atoms with E-state index >= 15 is 0 Å². The van der Waals surface area contributed by atoms with Gasteiger partial charge in [-0.3, -0.25) is 0 Å². The van der Waals surface area contributed by atoms with Crippen molar-refractivity contribution in [2.24, 2.45) is 5.92 Å². The second-order valence-electron chi connectivity index (χ2n) is 3.28. The largest absolute Gasteiger partial charge is 0.500 e. The molecule has 0 aromatic carbocycles. The third-order valence-corrected chi connectivity index (χ3v) is 5.26. The third-order valence-electron chi connectivity index (χ3n) is 2.49. The molecule has 0 atom stereocenters. The number of hydrogen-bond donors (Lipinski definition) is 0. The minimum absolute atomic E-state index is 0.914. The van der Waals surface area contributed by atoms with Gasteiger partial charge in [-0.1, -0.05) is 12.8 Å². The molecule has 0 amide bonds. The molecule has 1 fully saturated rings. The van der Waals surface area contributed by atoms with Crippen molar-refractivity contribution >= 4 is 8.80 Å². The van der Waals surface area contributed by atoms with Crippen molar-refractivity contribution in [2.45, 2.75) is 25.3 Å². The summed E-state index contributed by atoms with van der Waals surface area (Å²) < 4.78 is 15.9. The van der Waals surface area contributed by atoms with E-state index in [-0.39, 0.29) is 0 Å². The molecule has 3 nitrogen and oxygen atoms in total. The monoisotopic (exact) mass is 190 g/mol. The highest BCUT2D eigenvalue weighted by Crippen LogP contribution is 2.35.